The SMILES string of the molecule is Cc1oc2cc(CCC3(N)CC3)ccc2c1C. The Bertz CT molecular complexity index is 564. The predicted octanol–water partition coefficient (Wildman–Crippen LogP) is 3.47. The highest BCUT2D eigenvalue weighted by Gasteiger charge is 2.37. The second kappa shape index (κ2) is 3.61. The van der Waals surface area contributed by atoms with E-state index in [1.807, 2.05) is 6.92 Å². The van der Waals surface area contributed by atoms with E-state index in [9.17, 15) is 0 Å². The first-order valence-corrected chi connectivity index (χ1v) is 6.35. The molecular formula is C15H19NO. The molecule has 0 bridgehead atoms. The Hall–Kier alpha value is -1.28. The third kappa shape index (κ3) is 1.98. The number of hydrogen-bond donors (Lipinski definition) is 1. The van der Waals surface area contributed by atoms with Crippen molar-refractivity contribution in [2.75, 3.05) is 0 Å². The molecule has 1 fully saturated rings. The molecule has 0 saturated heterocycles. The molecule has 2 nitrogen and oxygen atoms in total. The van der Waals surface area contributed by atoms with Gasteiger partial charge in [-0.15, -0.1) is 0 Å². The van der Waals surface area contributed by atoms with Crippen molar-refractivity contribution >= 4 is 11.0 Å². The van der Waals surface area contributed by atoms with Gasteiger partial charge < -0.3 is 10.2 Å². The van der Waals surface area contributed by atoms with Crippen LogP contribution in [-0.2, 0) is 6.42 Å². The number of furan rings is 1. The Kier molecular flexibility index (Phi) is 2.30. The van der Waals surface area contributed by atoms with Crippen LogP contribution in [0.5, 0.6) is 0 Å². The third-order valence-electron chi connectivity index (χ3n) is 4.04. The van der Waals surface area contributed by atoms with Crippen molar-refractivity contribution in [1.29, 1.82) is 0 Å². The molecule has 17 heavy (non-hydrogen) atoms. The third-order valence-corrected chi connectivity index (χ3v) is 4.04. The van der Waals surface area contributed by atoms with Gasteiger partial charge in [-0.2, -0.15) is 0 Å². The van der Waals surface area contributed by atoms with Gasteiger partial charge in [0.15, 0.2) is 0 Å². The summed E-state index contributed by atoms with van der Waals surface area (Å²) in [7, 11) is 0. The standard InChI is InChI=1S/C15H19NO/c1-10-11(2)17-14-9-12(3-4-13(10)14)5-6-15(16)7-8-15/h3-4,9H,5-8,16H2,1-2H3. The van der Waals surface area contributed by atoms with Crippen LogP contribution >= 0.6 is 0 Å². The Morgan fingerprint density at radius 2 is 2.06 bits per heavy atom. The lowest BCUT2D eigenvalue weighted by Gasteiger charge is -2.07. The van der Waals surface area contributed by atoms with Gasteiger partial charge >= 0.3 is 0 Å². The fraction of sp³-hybridized carbons (Fsp3) is 0.467. The van der Waals surface area contributed by atoms with Crippen molar-refractivity contribution in [2.45, 2.75) is 45.1 Å². The second-order valence-corrected chi connectivity index (χ2v) is 5.48. The summed E-state index contributed by atoms with van der Waals surface area (Å²) in [5.41, 5.74) is 9.86. The van der Waals surface area contributed by atoms with Crippen molar-refractivity contribution in [3.05, 3.63) is 35.1 Å². The molecule has 2 N–H and O–H groups in total. The number of rotatable bonds is 3. The molecule has 0 atom stereocenters. The summed E-state index contributed by atoms with van der Waals surface area (Å²) in [5, 5.41) is 1.24. The van der Waals surface area contributed by atoms with Gasteiger partial charge in [-0.1, -0.05) is 12.1 Å². The molecule has 0 amide bonds. The number of fused-ring (bicyclic) bond motifs is 1. The number of nitrogens with two attached hydrogens (primary N) is 1. The fourth-order valence-electron chi connectivity index (χ4n) is 2.35. The van der Waals surface area contributed by atoms with Gasteiger partial charge in [0.1, 0.15) is 11.3 Å². The zero-order valence-electron chi connectivity index (χ0n) is 10.5. The first-order valence-electron chi connectivity index (χ1n) is 6.35. The van der Waals surface area contributed by atoms with Gasteiger partial charge in [-0.05, 0) is 56.7 Å². The molecule has 2 heteroatoms. The van der Waals surface area contributed by atoms with Gasteiger partial charge in [0.2, 0.25) is 0 Å². The van der Waals surface area contributed by atoms with E-state index in [1.54, 1.807) is 0 Å². The summed E-state index contributed by atoms with van der Waals surface area (Å²) in [4.78, 5) is 0. The van der Waals surface area contributed by atoms with Crippen molar-refractivity contribution in [3.8, 4) is 0 Å². The highest BCUT2D eigenvalue weighted by atomic mass is 16.3. The summed E-state index contributed by atoms with van der Waals surface area (Å²) in [6.45, 7) is 4.13. The first-order chi connectivity index (χ1) is 8.07. The van der Waals surface area contributed by atoms with E-state index >= 15 is 0 Å². The molecule has 1 saturated carbocycles. The van der Waals surface area contributed by atoms with Crippen molar-refractivity contribution in [2.24, 2.45) is 5.73 Å². The minimum absolute atomic E-state index is 0.143. The van der Waals surface area contributed by atoms with E-state index in [2.05, 4.69) is 25.1 Å². The van der Waals surface area contributed by atoms with Crippen LogP contribution in [0.4, 0.5) is 0 Å². The summed E-state index contributed by atoms with van der Waals surface area (Å²) >= 11 is 0. The lowest BCUT2D eigenvalue weighted by atomic mass is 10.0. The van der Waals surface area contributed by atoms with Gasteiger partial charge in [0.25, 0.3) is 0 Å². The zero-order chi connectivity index (χ0) is 12.0. The fourth-order valence-corrected chi connectivity index (χ4v) is 2.35. The number of hydrogen-bond acceptors (Lipinski definition) is 2. The Balaban J connectivity index is 1.86. The molecule has 1 aliphatic carbocycles. The van der Waals surface area contributed by atoms with Crippen LogP contribution in [0.15, 0.2) is 22.6 Å². The van der Waals surface area contributed by atoms with Gasteiger partial charge in [0.05, 0.1) is 0 Å². The average molecular weight is 229 g/mol. The molecule has 0 radical (unpaired) electrons. The Morgan fingerprint density at radius 1 is 1.29 bits per heavy atom. The maximum absolute atomic E-state index is 6.11. The zero-order valence-corrected chi connectivity index (χ0v) is 10.5. The average Bonchev–Trinajstić information content (AvgIpc) is 2.98. The Morgan fingerprint density at radius 3 is 2.76 bits per heavy atom. The van der Waals surface area contributed by atoms with Crippen LogP contribution in [0.1, 0.15) is 36.1 Å². The Labute approximate surface area is 102 Å². The second-order valence-electron chi connectivity index (χ2n) is 5.48. The molecule has 0 aliphatic heterocycles. The summed E-state index contributed by atoms with van der Waals surface area (Å²) in [6, 6.07) is 6.55. The first kappa shape index (κ1) is 10.8. The summed E-state index contributed by atoms with van der Waals surface area (Å²) < 4.78 is 5.76. The minimum atomic E-state index is 0.143. The monoisotopic (exact) mass is 229 g/mol. The largest absolute Gasteiger partial charge is 0.461 e. The van der Waals surface area contributed by atoms with Crippen LogP contribution in [0.25, 0.3) is 11.0 Å². The molecule has 90 valence electrons. The molecule has 1 aromatic heterocycles. The summed E-state index contributed by atoms with van der Waals surface area (Å²) in [5.74, 6) is 1.02. The maximum Gasteiger partial charge on any atom is 0.134 e. The van der Waals surface area contributed by atoms with E-state index < -0.39 is 0 Å². The molecule has 0 unspecified atom stereocenters. The van der Waals surface area contributed by atoms with Crippen LogP contribution < -0.4 is 5.73 Å². The molecular weight excluding hydrogens is 210 g/mol. The lowest BCUT2D eigenvalue weighted by Crippen LogP contribution is -2.22. The van der Waals surface area contributed by atoms with E-state index in [-0.39, 0.29) is 5.54 Å². The highest BCUT2D eigenvalue weighted by Crippen LogP contribution is 2.36. The normalized spacial score (nSPS) is 17.6. The van der Waals surface area contributed by atoms with Gasteiger partial charge in [-0.25, -0.2) is 0 Å². The molecule has 3 rings (SSSR count). The minimum Gasteiger partial charge on any atom is -0.461 e. The van der Waals surface area contributed by atoms with E-state index in [0.717, 1.165) is 24.2 Å². The van der Waals surface area contributed by atoms with E-state index in [1.165, 1.54) is 29.4 Å². The topological polar surface area (TPSA) is 39.2 Å². The number of benzene rings is 1. The van der Waals surface area contributed by atoms with Crippen LogP contribution in [-0.4, -0.2) is 5.54 Å². The smallest absolute Gasteiger partial charge is 0.134 e. The quantitative estimate of drug-likeness (QED) is 0.875. The van der Waals surface area contributed by atoms with Crippen molar-refractivity contribution < 1.29 is 4.42 Å². The molecule has 1 aromatic carbocycles. The van der Waals surface area contributed by atoms with Crippen LogP contribution in [0.3, 0.4) is 0 Å². The van der Waals surface area contributed by atoms with Crippen LogP contribution in [0.2, 0.25) is 0 Å². The molecule has 2 aromatic rings. The highest BCUT2D eigenvalue weighted by molar-refractivity contribution is 5.82. The van der Waals surface area contributed by atoms with Gasteiger partial charge in [0, 0.05) is 10.9 Å². The van der Waals surface area contributed by atoms with E-state index in [4.69, 9.17) is 10.2 Å². The van der Waals surface area contributed by atoms with Crippen LogP contribution in [0, 0.1) is 13.8 Å². The predicted molar refractivity (Wildman–Crippen MR) is 70.2 cm³/mol. The summed E-state index contributed by atoms with van der Waals surface area (Å²) in [6.07, 6.45) is 4.53. The molecule has 1 heterocycles. The number of aryl methyl sites for hydroxylation is 3. The van der Waals surface area contributed by atoms with Crippen molar-refractivity contribution in [3.63, 3.8) is 0 Å². The maximum atomic E-state index is 6.11. The lowest BCUT2D eigenvalue weighted by molar-refractivity contribution is 0.573. The van der Waals surface area contributed by atoms with Crippen molar-refractivity contribution in [1.82, 2.24) is 0 Å². The molecule has 0 spiro atoms. The van der Waals surface area contributed by atoms with Gasteiger partial charge in [-0.3, -0.25) is 0 Å². The van der Waals surface area contributed by atoms with E-state index in [0.29, 0.717) is 0 Å². The molecule has 1 aliphatic rings.